The van der Waals surface area contributed by atoms with Gasteiger partial charge in [-0.25, -0.2) is 9.36 Å². The number of hydrogen-bond acceptors (Lipinski definition) is 6. The fraction of sp³-hybridized carbons (Fsp3) is 0.529. The molecular formula is C17H23N5O5. The highest BCUT2D eigenvalue weighted by Gasteiger charge is 2.23. The van der Waals surface area contributed by atoms with Crippen molar-refractivity contribution < 1.29 is 14.3 Å². The van der Waals surface area contributed by atoms with Gasteiger partial charge in [0.25, 0.3) is 5.56 Å². The number of hydrogen-bond donors (Lipinski definition) is 0. The molecule has 0 aliphatic heterocycles. The summed E-state index contributed by atoms with van der Waals surface area (Å²) in [5.74, 6) is -0.0830. The fourth-order valence-corrected chi connectivity index (χ4v) is 3.24. The molecular weight excluding hydrogens is 354 g/mol. The van der Waals surface area contributed by atoms with E-state index in [1.807, 2.05) is 18.4 Å². The summed E-state index contributed by atoms with van der Waals surface area (Å²) >= 11 is 0. The predicted octanol–water partition coefficient (Wildman–Crippen LogP) is -0.0243. The molecule has 10 nitrogen and oxygen atoms in total. The summed E-state index contributed by atoms with van der Waals surface area (Å²) in [5, 5.41) is 0. The number of nitrogens with zero attached hydrogens (tertiary/aromatic N) is 5. The molecule has 3 heterocycles. The van der Waals surface area contributed by atoms with Crippen LogP contribution in [0.4, 0.5) is 0 Å². The summed E-state index contributed by atoms with van der Waals surface area (Å²) < 4.78 is 15.9. The molecule has 27 heavy (non-hydrogen) atoms. The maximum atomic E-state index is 13.1. The Hall–Kier alpha value is -2.88. The number of fused-ring (bicyclic) bond motifs is 3. The van der Waals surface area contributed by atoms with Crippen molar-refractivity contribution in [3.05, 3.63) is 32.2 Å². The molecule has 0 saturated heterocycles. The Morgan fingerprint density at radius 3 is 2.48 bits per heavy atom. The van der Waals surface area contributed by atoms with Crippen LogP contribution in [0.15, 0.2) is 9.59 Å². The standard InChI is InChI=1S/C17H23N5O5/c1-6-27-12(23)9-21-15(24)13-14(19(4)17(21)25)18-16-20(7-8-26-5)10(2)11(3)22(13)16/h6-9H2,1-5H3. The molecule has 0 aromatic carbocycles. The molecule has 146 valence electrons. The molecule has 0 saturated carbocycles. The first-order chi connectivity index (χ1) is 12.8. The van der Waals surface area contributed by atoms with E-state index in [4.69, 9.17) is 9.47 Å². The number of ether oxygens (including phenoxy) is 2. The molecule has 0 radical (unpaired) electrons. The molecule has 3 aromatic heterocycles. The van der Waals surface area contributed by atoms with E-state index in [-0.39, 0.29) is 17.8 Å². The van der Waals surface area contributed by atoms with Crippen LogP contribution in [0.5, 0.6) is 0 Å². The fourth-order valence-electron chi connectivity index (χ4n) is 3.24. The van der Waals surface area contributed by atoms with Gasteiger partial charge in [0.05, 0.1) is 13.2 Å². The number of rotatable bonds is 6. The van der Waals surface area contributed by atoms with Gasteiger partial charge in [0.1, 0.15) is 6.54 Å². The molecule has 0 fully saturated rings. The summed E-state index contributed by atoms with van der Waals surface area (Å²) in [5.41, 5.74) is 1.13. The third-order valence-electron chi connectivity index (χ3n) is 4.74. The van der Waals surface area contributed by atoms with Crippen LogP contribution in [0.1, 0.15) is 18.3 Å². The maximum absolute atomic E-state index is 13.1. The smallest absolute Gasteiger partial charge is 0.333 e. The third-order valence-corrected chi connectivity index (χ3v) is 4.74. The summed E-state index contributed by atoms with van der Waals surface area (Å²) in [6.45, 7) is 6.27. The normalized spacial score (nSPS) is 11.6. The number of aromatic nitrogens is 5. The largest absolute Gasteiger partial charge is 0.465 e. The Morgan fingerprint density at radius 2 is 1.85 bits per heavy atom. The lowest BCUT2D eigenvalue weighted by Crippen LogP contribution is -2.41. The lowest BCUT2D eigenvalue weighted by atomic mass is 10.3. The van der Waals surface area contributed by atoms with Gasteiger partial charge in [-0.05, 0) is 20.8 Å². The quantitative estimate of drug-likeness (QED) is 0.560. The van der Waals surface area contributed by atoms with Gasteiger partial charge >= 0.3 is 11.7 Å². The van der Waals surface area contributed by atoms with E-state index in [0.29, 0.717) is 18.9 Å². The number of carbonyl (C=O) groups excluding carboxylic acids is 1. The first-order valence-electron chi connectivity index (χ1n) is 8.65. The van der Waals surface area contributed by atoms with Crippen LogP contribution in [0.2, 0.25) is 0 Å². The van der Waals surface area contributed by atoms with Crippen LogP contribution < -0.4 is 11.2 Å². The van der Waals surface area contributed by atoms with Crippen LogP contribution in [0, 0.1) is 13.8 Å². The molecule has 0 N–H and O–H groups in total. The molecule has 0 spiro atoms. The van der Waals surface area contributed by atoms with E-state index in [1.165, 1.54) is 11.6 Å². The predicted molar refractivity (Wildman–Crippen MR) is 98.2 cm³/mol. The van der Waals surface area contributed by atoms with Gasteiger partial charge in [0, 0.05) is 32.1 Å². The number of carbonyl (C=O) groups is 1. The monoisotopic (exact) mass is 377 g/mol. The summed E-state index contributed by atoms with van der Waals surface area (Å²) in [6.07, 6.45) is 0. The molecule has 3 aromatic rings. The highest BCUT2D eigenvalue weighted by Crippen LogP contribution is 2.20. The highest BCUT2D eigenvalue weighted by molar-refractivity contribution is 5.77. The van der Waals surface area contributed by atoms with Crippen LogP contribution in [-0.4, -0.2) is 49.4 Å². The van der Waals surface area contributed by atoms with E-state index >= 15 is 0 Å². The molecule has 3 rings (SSSR count). The number of esters is 1. The lowest BCUT2D eigenvalue weighted by Gasteiger charge is -2.08. The van der Waals surface area contributed by atoms with Crippen molar-refractivity contribution in [1.82, 2.24) is 23.1 Å². The van der Waals surface area contributed by atoms with Gasteiger partial charge in [0.15, 0.2) is 11.2 Å². The minimum Gasteiger partial charge on any atom is -0.465 e. The Kier molecular flexibility index (Phi) is 4.92. The Balaban J connectivity index is 2.34. The van der Waals surface area contributed by atoms with E-state index in [9.17, 15) is 14.4 Å². The SMILES string of the molecule is CCOC(=O)Cn1c(=O)c2c(nc3n(CCOC)c(C)c(C)n23)n(C)c1=O. The minimum absolute atomic E-state index is 0.174. The van der Waals surface area contributed by atoms with Crippen molar-refractivity contribution >= 4 is 22.9 Å². The van der Waals surface area contributed by atoms with Crippen molar-refractivity contribution in [1.29, 1.82) is 0 Å². The first kappa shape index (κ1) is 18.9. The number of aryl methyl sites for hydroxylation is 2. The van der Waals surface area contributed by atoms with Gasteiger partial charge in [-0.2, -0.15) is 4.98 Å². The van der Waals surface area contributed by atoms with Gasteiger partial charge in [-0.1, -0.05) is 0 Å². The molecule has 0 amide bonds. The van der Waals surface area contributed by atoms with Crippen LogP contribution in [0.3, 0.4) is 0 Å². The second kappa shape index (κ2) is 7.03. The third kappa shape index (κ3) is 2.85. The van der Waals surface area contributed by atoms with Gasteiger partial charge in [-0.15, -0.1) is 0 Å². The lowest BCUT2D eigenvalue weighted by molar-refractivity contribution is -0.143. The van der Waals surface area contributed by atoms with E-state index in [1.54, 1.807) is 18.4 Å². The molecule has 0 atom stereocenters. The van der Waals surface area contributed by atoms with Crippen molar-refractivity contribution in [3.8, 4) is 0 Å². The zero-order valence-corrected chi connectivity index (χ0v) is 16.1. The molecule has 0 bridgehead atoms. The van der Waals surface area contributed by atoms with Crippen molar-refractivity contribution in [2.24, 2.45) is 7.05 Å². The highest BCUT2D eigenvalue weighted by atomic mass is 16.5. The van der Waals surface area contributed by atoms with Gasteiger partial charge < -0.3 is 14.0 Å². The Morgan fingerprint density at radius 1 is 1.15 bits per heavy atom. The second-order valence-corrected chi connectivity index (χ2v) is 6.27. The zero-order chi connectivity index (χ0) is 19.9. The van der Waals surface area contributed by atoms with E-state index in [2.05, 4.69) is 4.98 Å². The van der Waals surface area contributed by atoms with E-state index < -0.39 is 23.8 Å². The summed E-state index contributed by atoms with van der Waals surface area (Å²) in [7, 11) is 3.14. The van der Waals surface area contributed by atoms with Crippen LogP contribution >= 0.6 is 0 Å². The average Bonchev–Trinajstić information content (AvgIpc) is 3.12. The number of imidazole rings is 2. The second-order valence-electron chi connectivity index (χ2n) is 6.27. The summed E-state index contributed by atoms with van der Waals surface area (Å²) in [6, 6.07) is 0. The first-order valence-corrected chi connectivity index (χ1v) is 8.65. The number of methoxy groups -OCH3 is 1. The van der Waals surface area contributed by atoms with Gasteiger partial charge in [-0.3, -0.25) is 18.6 Å². The topological polar surface area (TPSA) is 102 Å². The van der Waals surface area contributed by atoms with Crippen LogP contribution in [-0.2, 0) is 34.4 Å². The Bertz CT molecular complexity index is 1150. The van der Waals surface area contributed by atoms with E-state index in [0.717, 1.165) is 16.0 Å². The Labute approximate surface area is 154 Å². The maximum Gasteiger partial charge on any atom is 0.333 e. The minimum atomic E-state index is -0.637. The zero-order valence-electron chi connectivity index (χ0n) is 16.1. The molecule has 10 heteroatoms. The van der Waals surface area contributed by atoms with Crippen LogP contribution in [0.25, 0.3) is 16.9 Å². The van der Waals surface area contributed by atoms with Crippen molar-refractivity contribution in [2.75, 3.05) is 20.3 Å². The average molecular weight is 377 g/mol. The molecule has 0 aliphatic rings. The van der Waals surface area contributed by atoms with Crippen molar-refractivity contribution in [3.63, 3.8) is 0 Å². The van der Waals surface area contributed by atoms with Crippen molar-refractivity contribution in [2.45, 2.75) is 33.9 Å². The molecule has 0 aliphatic carbocycles. The molecule has 0 unspecified atom stereocenters. The summed E-state index contributed by atoms with van der Waals surface area (Å²) in [4.78, 5) is 42.0. The van der Waals surface area contributed by atoms with Gasteiger partial charge in [0.2, 0.25) is 5.78 Å².